The van der Waals surface area contributed by atoms with Gasteiger partial charge in [-0.15, -0.1) is 0 Å². The topological polar surface area (TPSA) is 74.7 Å². The van der Waals surface area contributed by atoms with Crippen LogP contribution in [-0.4, -0.2) is 17.6 Å². The molecule has 0 radical (unpaired) electrons. The van der Waals surface area contributed by atoms with Gasteiger partial charge in [0.05, 0.1) is 5.56 Å². The second-order valence-electron chi connectivity index (χ2n) is 3.76. The highest BCUT2D eigenvalue weighted by atomic mass is 15.0. The van der Waals surface area contributed by atoms with E-state index < -0.39 is 0 Å². The quantitative estimate of drug-likeness (QED) is 0.764. The van der Waals surface area contributed by atoms with E-state index in [-0.39, 0.29) is 6.04 Å². The third-order valence-electron chi connectivity index (χ3n) is 2.44. The summed E-state index contributed by atoms with van der Waals surface area (Å²) < 4.78 is 0. The molecule has 0 saturated heterocycles. The summed E-state index contributed by atoms with van der Waals surface area (Å²) in [4.78, 5) is 4.16. The van der Waals surface area contributed by atoms with Crippen LogP contribution in [0.15, 0.2) is 18.3 Å². The highest BCUT2D eigenvalue weighted by Gasteiger charge is 2.06. The Bertz CT molecular complexity index is 339. The standard InChI is InChI=1S/C12H18N4/c1-2-3-4-11(8-14)16-12-6-5-10(7-13)9-15-12/h5-6,9,11H,2-4,8,14H2,1H3,(H,15,16). The number of nitrogens with one attached hydrogen (secondary N) is 1. The Hall–Kier alpha value is -1.60. The molecule has 0 bridgehead atoms. The number of hydrogen-bond acceptors (Lipinski definition) is 4. The molecule has 0 aliphatic rings. The maximum absolute atomic E-state index is 8.64. The van der Waals surface area contributed by atoms with Crippen molar-refractivity contribution in [2.45, 2.75) is 32.2 Å². The summed E-state index contributed by atoms with van der Waals surface area (Å²) in [5.74, 6) is 0.783. The Morgan fingerprint density at radius 2 is 2.38 bits per heavy atom. The molecule has 16 heavy (non-hydrogen) atoms. The minimum atomic E-state index is 0.264. The van der Waals surface area contributed by atoms with Gasteiger partial charge in [-0.2, -0.15) is 5.26 Å². The van der Waals surface area contributed by atoms with E-state index in [4.69, 9.17) is 11.0 Å². The molecular weight excluding hydrogens is 200 g/mol. The van der Waals surface area contributed by atoms with E-state index in [1.165, 1.54) is 6.42 Å². The first kappa shape index (κ1) is 12.5. The monoisotopic (exact) mass is 218 g/mol. The van der Waals surface area contributed by atoms with E-state index in [1.807, 2.05) is 12.1 Å². The number of pyridine rings is 1. The Morgan fingerprint density at radius 1 is 1.56 bits per heavy atom. The van der Waals surface area contributed by atoms with E-state index >= 15 is 0 Å². The van der Waals surface area contributed by atoms with Crippen molar-refractivity contribution >= 4 is 5.82 Å². The Balaban J connectivity index is 2.53. The molecule has 1 aromatic rings. The molecule has 86 valence electrons. The fourth-order valence-electron chi connectivity index (χ4n) is 1.45. The van der Waals surface area contributed by atoms with E-state index in [9.17, 15) is 0 Å². The lowest BCUT2D eigenvalue weighted by Crippen LogP contribution is -2.29. The van der Waals surface area contributed by atoms with Gasteiger partial charge in [-0.1, -0.05) is 19.8 Å². The van der Waals surface area contributed by atoms with Gasteiger partial charge in [0.1, 0.15) is 11.9 Å². The second kappa shape index (κ2) is 6.81. The van der Waals surface area contributed by atoms with Gasteiger partial charge >= 0.3 is 0 Å². The van der Waals surface area contributed by atoms with Gasteiger partial charge in [0.15, 0.2) is 0 Å². The maximum atomic E-state index is 8.64. The molecule has 0 aliphatic carbocycles. The minimum absolute atomic E-state index is 0.264. The normalized spacial score (nSPS) is 11.8. The van der Waals surface area contributed by atoms with Crippen LogP contribution in [0.5, 0.6) is 0 Å². The van der Waals surface area contributed by atoms with Gasteiger partial charge in [0.25, 0.3) is 0 Å². The highest BCUT2D eigenvalue weighted by molar-refractivity contribution is 5.39. The van der Waals surface area contributed by atoms with Gasteiger partial charge < -0.3 is 11.1 Å². The largest absolute Gasteiger partial charge is 0.366 e. The van der Waals surface area contributed by atoms with Crippen LogP contribution in [0.25, 0.3) is 0 Å². The van der Waals surface area contributed by atoms with Crippen LogP contribution in [0.4, 0.5) is 5.82 Å². The molecule has 4 nitrogen and oxygen atoms in total. The van der Waals surface area contributed by atoms with Crippen LogP contribution in [-0.2, 0) is 0 Å². The minimum Gasteiger partial charge on any atom is -0.366 e. The van der Waals surface area contributed by atoms with Gasteiger partial charge in [-0.25, -0.2) is 4.98 Å². The molecule has 0 aromatic carbocycles. The third-order valence-corrected chi connectivity index (χ3v) is 2.44. The summed E-state index contributed by atoms with van der Waals surface area (Å²) in [6.45, 7) is 2.76. The number of nitrogens with two attached hydrogens (primary N) is 1. The van der Waals surface area contributed by atoms with E-state index in [0.29, 0.717) is 12.1 Å². The van der Waals surface area contributed by atoms with Crippen molar-refractivity contribution in [2.75, 3.05) is 11.9 Å². The van der Waals surface area contributed by atoms with Gasteiger partial charge in [-0.05, 0) is 18.6 Å². The van der Waals surface area contributed by atoms with E-state index in [2.05, 4.69) is 17.2 Å². The Kier molecular flexibility index (Phi) is 5.30. The summed E-state index contributed by atoms with van der Waals surface area (Å²) >= 11 is 0. The molecule has 1 heterocycles. The molecule has 4 heteroatoms. The SMILES string of the molecule is CCCCC(CN)Nc1ccc(C#N)cn1. The molecule has 1 aromatic heterocycles. The lowest BCUT2D eigenvalue weighted by molar-refractivity contribution is 0.612. The van der Waals surface area contributed by atoms with Crippen molar-refractivity contribution in [3.8, 4) is 6.07 Å². The van der Waals surface area contributed by atoms with Gasteiger partial charge in [0.2, 0.25) is 0 Å². The molecule has 0 amide bonds. The molecule has 3 N–H and O–H groups in total. The molecular formula is C12H18N4. The Labute approximate surface area is 96.5 Å². The highest BCUT2D eigenvalue weighted by Crippen LogP contribution is 2.09. The van der Waals surface area contributed by atoms with Crippen molar-refractivity contribution in [2.24, 2.45) is 5.73 Å². The first-order valence-corrected chi connectivity index (χ1v) is 5.63. The van der Waals surface area contributed by atoms with Crippen molar-refractivity contribution in [3.05, 3.63) is 23.9 Å². The molecule has 0 fully saturated rings. The zero-order valence-electron chi connectivity index (χ0n) is 9.61. The van der Waals surface area contributed by atoms with Crippen molar-refractivity contribution in [1.29, 1.82) is 5.26 Å². The van der Waals surface area contributed by atoms with E-state index in [1.54, 1.807) is 12.3 Å². The molecule has 1 unspecified atom stereocenters. The average molecular weight is 218 g/mol. The van der Waals surface area contributed by atoms with Crippen molar-refractivity contribution in [3.63, 3.8) is 0 Å². The zero-order chi connectivity index (χ0) is 11.8. The number of nitrogens with zero attached hydrogens (tertiary/aromatic N) is 2. The molecule has 1 rings (SSSR count). The molecule has 0 saturated carbocycles. The molecule has 1 atom stereocenters. The zero-order valence-corrected chi connectivity index (χ0v) is 9.61. The number of rotatable bonds is 6. The van der Waals surface area contributed by atoms with Crippen LogP contribution in [0.1, 0.15) is 31.7 Å². The fraction of sp³-hybridized carbons (Fsp3) is 0.500. The predicted molar refractivity (Wildman–Crippen MR) is 64.9 cm³/mol. The predicted octanol–water partition coefficient (Wildman–Crippen LogP) is 1.88. The maximum Gasteiger partial charge on any atom is 0.126 e. The third kappa shape index (κ3) is 3.87. The second-order valence-corrected chi connectivity index (χ2v) is 3.76. The van der Waals surface area contributed by atoms with Crippen LogP contribution in [0.3, 0.4) is 0 Å². The smallest absolute Gasteiger partial charge is 0.126 e. The van der Waals surface area contributed by atoms with Crippen molar-refractivity contribution < 1.29 is 0 Å². The summed E-state index contributed by atoms with van der Waals surface area (Å²) in [7, 11) is 0. The van der Waals surface area contributed by atoms with Crippen molar-refractivity contribution in [1.82, 2.24) is 4.98 Å². The number of unbranched alkanes of at least 4 members (excludes halogenated alkanes) is 1. The average Bonchev–Trinajstić information content (AvgIpc) is 2.35. The lowest BCUT2D eigenvalue weighted by Gasteiger charge is -2.16. The molecule has 0 aliphatic heterocycles. The van der Waals surface area contributed by atoms with Crippen LogP contribution >= 0.6 is 0 Å². The number of hydrogen-bond donors (Lipinski definition) is 2. The Morgan fingerprint density at radius 3 is 2.88 bits per heavy atom. The first-order chi connectivity index (χ1) is 7.80. The first-order valence-electron chi connectivity index (χ1n) is 5.63. The molecule has 0 spiro atoms. The van der Waals surface area contributed by atoms with Gasteiger partial charge in [0, 0.05) is 18.8 Å². The number of aromatic nitrogens is 1. The number of anilines is 1. The number of nitriles is 1. The van der Waals surface area contributed by atoms with E-state index in [0.717, 1.165) is 18.7 Å². The lowest BCUT2D eigenvalue weighted by atomic mass is 10.1. The fourth-order valence-corrected chi connectivity index (χ4v) is 1.45. The van der Waals surface area contributed by atoms with Gasteiger partial charge in [-0.3, -0.25) is 0 Å². The van der Waals surface area contributed by atoms with Crippen LogP contribution in [0, 0.1) is 11.3 Å². The summed E-state index contributed by atoms with van der Waals surface area (Å²) in [5, 5.41) is 11.9. The summed E-state index contributed by atoms with van der Waals surface area (Å²) in [6, 6.07) is 5.87. The summed E-state index contributed by atoms with van der Waals surface area (Å²) in [5.41, 5.74) is 6.25. The van der Waals surface area contributed by atoms with Crippen LogP contribution < -0.4 is 11.1 Å². The van der Waals surface area contributed by atoms with Crippen LogP contribution in [0.2, 0.25) is 0 Å². The summed E-state index contributed by atoms with van der Waals surface area (Å²) in [6.07, 6.45) is 4.94.